The average Bonchev–Trinajstić information content (AvgIpc) is 3.55. The smallest absolute Gasteiger partial charge is 0.164 e. The molecule has 4 aromatic carbocycles. The third-order valence-electron chi connectivity index (χ3n) is 8.29. The number of fused-ring (bicyclic) bond motifs is 4. The molecule has 0 amide bonds. The van der Waals surface area contributed by atoms with Crippen LogP contribution in [-0.4, -0.2) is 29.9 Å². The van der Waals surface area contributed by atoms with Gasteiger partial charge in [-0.05, 0) is 23.8 Å². The predicted molar refractivity (Wildman–Crippen MR) is 191 cm³/mol. The van der Waals surface area contributed by atoms with Gasteiger partial charge >= 0.3 is 0 Å². The Kier molecular flexibility index (Phi) is 6.54. The van der Waals surface area contributed by atoms with Gasteiger partial charge in [-0.3, -0.25) is 9.97 Å². The number of hydrogen-bond donors (Lipinski definition) is 0. The molecule has 9 aromatic rings. The van der Waals surface area contributed by atoms with Gasteiger partial charge in [0.1, 0.15) is 5.69 Å². The molecule has 0 aliphatic rings. The van der Waals surface area contributed by atoms with Gasteiger partial charge < -0.3 is 0 Å². The van der Waals surface area contributed by atoms with E-state index in [9.17, 15) is 0 Å². The summed E-state index contributed by atoms with van der Waals surface area (Å²) in [5.74, 6) is 1.90. The molecule has 0 aliphatic heterocycles. The molecule has 0 atom stereocenters. The molecule has 0 saturated carbocycles. The Labute approximate surface area is 274 Å². The maximum absolute atomic E-state index is 5.02. The summed E-state index contributed by atoms with van der Waals surface area (Å²) in [5, 5.41) is 3.41. The first-order valence-corrected chi connectivity index (χ1v) is 16.1. The maximum atomic E-state index is 5.02. The summed E-state index contributed by atoms with van der Waals surface area (Å²) in [6, 6.07) is 42.9. The van der Waals surface area contributed by atoms with Gasteiger partial charge in [0.05, 0.1) is 20.6 Å². The van der Waals surface area contributed by atoms with Gasteiger partial charge in [0.25, 0.3) is 0 Å². The van der Waals surface area contributed by atoms with Crippen LogP contribution in [-0.2, 0) is 0 Å². The van der Waals surface area contributed by atoms with E-state index in [1.165, 1.54) is 0 Å². The molecule has 6 nitrogen and oxygen atoms in total. The zero-order valence-corrected chi connectivity index (χ0v) is 25.8. The van der Waals surface area contributed by atoms with Crippen LogP contribution in [0.2, 0.25) is 0 Å². The molecular weight excluding hydrogens is 597 g/mol. The highest BCUT2D eigenvalue weighted by Crippen LogP contribution is 2.43. The van der Waals surface area contributed by atoms with Crippen molar-refractivity contribution in [1.29, 1.82) is 0 Å². The molecule has 0 fully saturated rings. The first-order chi connectivity index (χ1) is 23.3. The van der Waals surface area contributed by atoms with E-state index in [-0.39, 0.29) is 0 Å². The van der Waals surface area contributed by atoms with Crippen molar-refractivity contribution in [3.8, 4) is 56.7 Å². The summed E-state index contributed by atoms with van der Waals surface area (Å²) in [7, 11) is 0. The van der Waals surface area contributed by atoms with E-state index in [2.05, 4.69) is 53.5 Å². The van der Waals surface area contributed by atoms with Gasteiger partial charge in [-0.1, -0.05) is 109 Å². The minimum absolute atomic E-state index is 0.623. The molecule has 9 rings (SSSR count). The lowest BCUT2D eigenvalue weighted by Gasteiger charge is -2.11. The summed E-state index contributed by atoms with van der Waals surface area (Å²) in [6.45, 7) is 0. The van der Waals surface area contributed by atoms with E-state index in [0.717, 1.165) is 70.3 Å². The van der Waals surface area contributed by atoms with E-state index >= 15 is 0 Å². The van der Waals surface area contributed by atoms with Crippen molar-refractivity contribution < 1.29 is 0 Å². The Bertz CT molecular complexity index is 2510. The van der Waals surface area contributed by atoms with E-state index in [1.54, 1.807) is 11.3 Å². The third kappa shape index (κ3) is 4.90. The van der Waals surface area contributed by atoms with Crippen molar-refractivity contribution in [1.82, 2.24) is 29.9 Å². The molecule has 0 saturated heterocycles. The second kappa shape index (κ2) is 11.3. The largest absolute Gasteiger partial charge is 0.263 e. The SMILES string of the molecule is c1ccc(-c2nc(-c3ccccc3)nc(-c3ccc(-c4cnc(-c5ccc6ccccc6n5)c5sc6cnccc6c45)cc3)n2)cc1. The van der Waals surface area contributed by atoms with Gasteiger partial charge in [-0.25, -0.2) is 19.9 Å². The van der Waals surface area contributed by atoms with Crippen molar-refractivity contribution in [2.75, 3.05) is 0 Å². The summed E-state index contributed by atoms with van der Waals surface area (Å²) in [5.41, 5.74) is 7.59. The van der Waals surface area contributed by atoms with Crippen LogP contribution in [0.15, 0.2) is 146 Å². The van der Waals surface area contributed by atoms with Crippen LogP contribution >= 0.6 is 11.3 Å². The summed E-state index contributed by atoms with van der Waals surface area (Å²) in [4.78, 5) is 29.1. The van der Waals surface area contributed by atoms with Gasteiger partial charge in [-0.2, -0.15) is 0 Å². The quantitative estimate of drug-likeness (QED) is 0.191. The Morgan fingerprint density at radius 1 is 0.489 bits per heavy atom. The number of thiophene rings is 1. The number of nitrogens with zero attached hydrogens (tertiary/aromatic N) is 6. The molecule has 0 bridgehead atoms. The molecule has 5 heterocycles. The van der Waals surface area contributed by atoms with Crippen LogP contribution in [0.3, 0.4) is 0 Å². The van der Waals surface area contributed by atoms with E-state index in [0.29, 0.717) is 17.5 Å². The van der Waals surface area contributed by atoms with Gasteiger partial charge in [0.2, 0.25) is 0 Å². The monoisotopic (exact) mass is 620 g/mol. The lowest BCUT2D eigenvalue weighted by Crippen LogP contribution is -2.00. The van der Waals surface area contributed by atoms with Crippen molar-refractivity contribution in [3.63, 3.8) is 0 Å². The van der Waals surface area contributed by atoms with E-state index in [1.807, 2.05) is 97.5 Å². The zero-order chi connectivity index (χ0) is 31.2. The molecular formula is C40H24N6S. The number of aromatic nitrogens is 6. The Morgan fingerprint density at radius 2 is 1.11 bits per heavy atom. The molecule has 7 heteroatoms. The first-order valence-electron chi connectivity index (χ1n) is 15.3. The van der Waals surface area contributed by atoms with Crippen molar-refractivity contribution in [3.05, 3.63) is 146 Å². The fourth-order valence-electron chi connectivity index (χ4n) is 5.97. The minimum Gasteiger partial charge on any atom is -0.263 e. The molecule has 47 heavy (non-hydrogen) atoms. The van der Waals surface area contributed by atoms with Crippen molar-refractivity contribution in [2.45, 2.75) is 0 Å². The Balaban J connectivity index is 1.17. The highest BCUT2D eigenvalue weighted by atomic mass is 32.1. The summed E-state index contributed by atoms with van der Waals surface area (Å²) in [6.07, 6.45) is 5.76. The number of benzene rings is 4. The molecule has 0 radical (unpaired) electrons. The number of para-hydroxylation sites is 1. The summed E-state index contributed by atoms with van der Waals surface area (Å²) >= 11 is 1.70. The number of pyridine rings is 3. The van der Waals surface area contributed by atoms with Crippen LogP contribution in [0.4, 0.5) is 0 Å². The second-order valence-electron chi connectivity index (χ2n) is 11.2. The fraction of sp³-hybridized carbons (Fsp3) is 0. The molecule has 5 aromatic heterocycles. The first kappa shape index (κ1) is 27.2. The molecule has 0 aliphatic carbocycles. The van der Waals surface area contributed by atoms with Crippen LogP contribution < -0.4 is 0 Å². The third-order valence-corrected chi connectivity index (χ3v) is 9.44. The van der Waals surface area contributed by atoms with Crippen LogP contribution in [0.25, 0.3) is 87.8 Å². The highest BCUT2D eigenvalue weighted by Gasteiger charge is 2.19. The molecule has 220 valence electrons. The molecule has 0 unspecified atom stereocenters. The van der Waals surface area contributed by atoms with E-state index < -0.39 is 0 Å². The average molecular weight is 621 g/mol. The fourth-order valence-corrected chi connectivity index (χ4v) is 7.16. The minimum atomic E-state index is 0.623. The van der Waals surface area contributed by atoms with Crippen LogP contribution in [0.5, 0.6) is 0 Å². The molecule has 0 N–H and O–H groups in total. The number of hydrogen-bond acceptors (Lipinski definition) is 7. The van der Waals surface area contributed by atoms with Crippen molar-refractivity contribution in [2.24, 2.45) is 0 Å². The van der Waals surface area contributed by atoms with Gasteiger partial charge in [0, 0.05) is 57.0 Å². The molecule has 0 spiro atoms. The number of rotatable bonds is 5. The zero-order valence-electron chi connectivity index (χ0n) is 24.9. The Morgan fingerprint density at radius 3 is 1.81 bits per heavy atom. The van der Waals surface area contributed by atoms with Crippen molar-refractivity contribution >= 4 is 42.4 Å². The highest BCUT2D eigenvalue weighted by molar-refractivity contribution is 7.26. The normalized spacial score (nSPS) is 11.4. The topological polar surface area (TPSA) is 77.3 Å². The standard InChI is InChI=1S/C40H24N6S/c1-3-10-27(11-4-1)38-44-39(28-12-5-2-6-13-28)46-40(45-38)29-17-15-25(16-18-29)31-23-42-36(33-20-19-26-9-7-8-14-32(26)43-33)37-35(31)30-21-22-41-24-34(30)47-37/h1-24H. The maximum Gasteiger partial charge on any atom is 0.164 e. The second-order valence-corrected chi connectivity index (χ2v) is 12.3. The Hall–Kier alpha value is -6.18. The lowest BCUT2D eigenvalue weighted by molar-refractivity contribution is 1.07. The van der Waals surface area contributed by atoms with Crippen LogP contribution in [0, 0.1) is 0 Å². The lowest BCUT2D eigenvalue weighted by atomic mass is 9.99. The van der Waals surface area contributed by atoms with Gasteiger partial charge in [0.15, 0.2) is 17.5 Å². The van der Waals surface area contributed by atoms with E-state index in [4.69, 9.17) is 24.9 Å². The summed E-state index contributed by atoms with van der Waals surface area (Å²) < 4.78 is 2.21. The van der Waals surface area contributed by atoms with Gasteiger partial charge in [-0.15, -0.1) is 11.3 Å². The van der Waals surface area contributed by atoms with Crippen LogP contribution in [0.1, 0.15) is 0 Å². The predicted octanol–water partition coefficient (Wildman–Crippen LogP) is 9.91.